The maximum Gasteiger partial charge on any atom is 0.0761 e. The van der Waals surface area contributed by atoms with Crippen LogP contribution in [0.2, 0.25) is 0 Å². The van der Waals surface area contributed by atoms with Crippen LogP contribution in [-0.4, -0.2) is 54.5 Å². The summed E-state index contributed by atoms with van der Waals surface area (Å²) < 4.78 is 11.7. The first kappa shape index (κ1) is 15.9. The van der Waals surface area contributed by atoms with Crippen molar-refractivity contribution in [1.82, 2.24) is 4.90 Å². The Morgan fingerprint density at radius 3 is 2.11 bits per heavy atom. The molecule has 0 aromatic rings. The third-order valence-electron chi connectivity index (χ3n) is 3.52. The van der Waals surface area contributed by atoms with Gasteiger partial charge in [0.2, 0.25) is 0 Å². The molecule has 0 saturated carbocycles. The molecule has 0 radical (unpaired) electrons. The lowest BCUT2D eigenvalue weighted by atomic mass is 9.92. The number of morpholine rings is 1. The molecule has 1 rings (SSSR count). The highest BCUT2D eigenvalue weighted by atomic mass is 16.5. The zero-order chi connectivity index (χ0) is 14.0. The second-order valence-corrected chi connectivity index (χ2v) is 6.82. The SMILES string of the molecule is CCOCC(C)(CN)N1CC(C)(C)OC(C)(C)C1. The third kappa shape index (κ3) is 3.92. The number of ether oxygens (including phenoxy) is 2. The molecule has 4 nitrogen and oxygen atoms in total. The first-order chi connectivity index (χ1) is 8.14. The molecule has 1 saturated heterocycles. The first-order valence-corrected chi connectivity index (χ1v) is 6.87. The first-order valence-electron chi connectivity index (χ1n) is 6.87. The van der Waals surface area contributed by atoms with Crippen LogP contribution in [0.25, 0.3) is 0 Å². The maximum atomic E-state index is 6.11. The van der Waals surface area contributed by atoms with Gasteiger partial charge in [0.05, 0.1) is 23.3 Å². The predicted molar refractivity (Wildman–Crippen MR) is 74.8 cm³/mol. The van der Waals surface area contributed by atoms with E-state index in [1.807, 2.05) is 6.92 Å². The van der Waals surface area contributed by atoms with Crippen molar-refractivity contribution in [2.75, 3.05) is 32.8 Å². The van der Waals surface area contributed by atoms with Crippen LogP contribution in [-0.2, 0) is 9.47 Å². The van der Waals surface area contributed by atoms with Gasteiger partial charge in [-0.1, -0.05) is 0 Å². The summed E-state index contributed by atoms with van der Waals surface area (Å²) in [4.78, 5) is 2.42. The van der Waals surface area contributed by atoms with Crippen molar-refractivity contribution < 1.29 is 9.47 Å². The molecule has 0 bridgehead atoms. The molecule has 0 aromatic heterocycles. The summed E-state index contributed by atoms with van der Waals surface area (Å²) >= 11 is 0. The van der Waals surface area contributed by atoms with Crippen molar-refractivity contribution in [1.29, 1.82) is 0 Å². The Bertz CT molecular complexity index is 263. The van der Waals surface area contributed by atoms with Crippen LogP contribution in [0.15, 0.2) is 0 Å². The topological polar surface area (TPSA) is 47.7 Å². The summed E-state index contributed by atoms with van der Waals surface area (Å²) in [6.45, 7) is 16.5. The average molecular weight is 258 g/mol. The minimum Gasteiger partial charge on any atom is -0.380 e. The molecule has 0 aliphatic carbocycles. The highest BCUT2D eigenvalue weighted by molar-refractivity contribution is 4.97. The Kier molecular flexibility index (Phi) is 4.81. The van der Waals surface area contributed by atoms with Gasteiger partial charge in [0, 0.05) is 26.2 Å². The molecular weight excluding hydrogens is 228 g/mol. The van der Waals surface area contributed by atoms with Gasteiger partial charge in [-0.25, -0.2) is 0 Å². The molecule has 0 aromatic carbocycles. The monoisotopic (exact) mass is 258 g/mol. The van der Waals surface area contributed by atoms with Gasteiger partial charge in [0.25, 0.3) is 0 Å². The van der Waals surface area contributed by atoms with E-state index in [0.717, 1.165) is 19.7 Å². The lowest BCUT2D eigenvalue weighted by Crippen LogP contribution is -2.66. The van der Waals surface area contributed by atoms with Crippen LogP contribution in [0, 0.1) is 0 Å². The number of rotatable bonds is 5. The van der Waals surface area contributed by atoms with E-state index in [2.05, 4.69) is 39.5 Å². The number of hydrogen-bond donors (Lipinski definition) is 1. The van der Waals surface area contributed by atoms with Crippen molar-refractivity contribution in [2.45, 2.75) is 58.3 Å². The van der Waals surface area contributed by atoms with Crippen molar-refractivity contribution in [3.8, 4) is 0 Å². The molecule has 4 heteroatoms. The standard InChI is InChI=1S/C14H30N2O2/c1-7-17-11-14(6,8-15)16-9-12(2,3)18-13(4,5)10-16/h7-11,15H2,1-6H3. The Morgan fingerprint density at radius 1 is 1.22 bits per heavy atom. The summed E-state index contributed by atoms with van der Waals surface area (Å²) in [5.74, 6) is 0. The molecule has 1 aliphatic rings. The molecular formula is C14H30N2O2. The maximum absolute atomic E-state index is 6.11. The minimum absolute atomic E-state index is 0.117. The fourth-order valence-electron chi connectivity index (χ4n) is 2.77. The van der Waals surface area contributed by atoms with Gasteiger partial charge in [0.1, 0.15) is 0 Å². The predicted octanol–water partition coefficient (Wildman–Crippen LogP) is 1.63. The number of hydrogen-bond acceptors (Lipinski definition) is 4. The van der Waals surface area contributed by atoms with Gasteiger partial charge in [-0.05, 0) is 41.5 Å². The Balaban J connectivity index is 2.85. The molecule has 0 spiro atoms. The lowest BCUT2D eigenvalue weighted by molar-refractivity contribution is -0.202. The highest BCUT2D eigenvalue weighted by Gasteiger charge is 2.44. The van der Waals surface area contributed by atoms with Crippen molar-refractivity contribution >= 4 is 0 Å². The largest absolute Gasteiger partial charge is 0.380 e. The lowest BCUT2D eigenvalue weighted by Gasteiger charge is -2.53. The molecule has 2 N–H and O–H groups in total. The normalized spacial score (nSPS) is 26.8. The highest BCUT2D eigenvalue weighted by Crippen LogP contribution is 2.32. The van der Waals surface area contributed by atoms with Gasteiger partial charge in [-0.15, -0.1) is 0 Å². The van der Waals surface area contributed by atoms with E-state index in [-0.39, 0.29) is 16.7 Å². The summed E-state index contributed by atoms with van der Waals surface area (Å²) in [7, 11) is 0. The summed E-state index contributed by atoms with van der Waals surface area (Å²) in [5.41, 5.74) is 5.58. The second-order valence-electron chi connectivity index (χ2n) is 6.82. The molecule has 1 unspecified atom stereocenters. The fourth-order valence-corrected chi connectivity index (χ4v) is 2.77. The van der Waals surface area contributed by atoms with Crippen LogP contribution in [0.3, 0.4) is 0 Å². The average Bonchev–Trinajstić information content (AvgIpc) is 2.21. The Labute approximate surface area is 112 Å². The van der Waals surface area contributed by atoms with E-state index in [1.54, 1.807) is 0 Å². The van der Waals surface area contributed by atoms with E-state index in [0.29, 0.717) is 13.2 Å². The number of nitrogens with zero attached hydrogens (tertiary/aromatic N) is 1. The van der Waals surface area contributed by atoms with Crippen molar-refractivity contribution in [3.63, 3.8) is 0 Å². The number of nitrogens with two attached hydrogens (primary N) is 1. The van der Waals surface area contributed by atoms with Crippen LogP contribution < -0.4 is 5.73 Å². The molecule has 0 amide bonds. The molecule has 108 valence electrons. The fraction of sp³-hybridized carbons (Fsp3) is 1.00. The molecule has 1 heterocycles. The van der Waals surface area contributed by atoms with Gasteiger partial charge in [-0.2, -0.15) is 0 Å². The van der Waals surface area contributed by atoms with Crippen LogP contribution in [0.4, 0.5) is 0 Å². The van der Waals surface area contributed by atoms with Crippen LogP contribution >= 0.6 is 0 Å². The van der Waals surface area contributed by atoms with Crippen LogP contribution in [0.1, 0.15) is 41.5 Å². The zero-order valence-electron chi connectivity index (χ0n) is 12.9. The van der Waals surface area contributed by atoms with E-state index in [1.165, 1.54) is 0 Å². The van der Waals surface area contributed by atoms with Gasteiger partial charge in [0.15, 0.2) is 0 Å². The van der Waals surface area contributed by atoms with E-state index in [9.17, 15) is 0 Å². The van der Waals surface area contributed by atoms with E-state index >= 15 is 0 Å². The Morgan fingerprint density at radius 2 is 1.72 bits per heavy atom. The Hall–Kier alpha value is -0.160. The smallest absolute Gasteiger partial charge is 0.0761 e. The summed E-state index contributed by atoms with van der Waals surface area (Å²) in [5, 5.41) is 0. The quantitative estimate of drug-likeness (QED) is 0.814. The van der Waals surface area contributed by atoms with Gasteiger partial charge >= 0.3 is 0 Å². The third-order valence-corrected chi connectivity index (χ3v) is 3.52. The van der Waals surface area contributed by atoms with Gasteiger partial charge in [-0.3, -0.25) is 4.90 Å². The molecule has 1 aliphatic heterocycles. The van der Waals surface area contributed by atoms with Crippen molar-refractivity contribution in [3.05, 3.63) is 0 Å². The molecule has 1 fully saturated rings. The summed E-state index contributed by atoms with van der Waals surface area (Å²) in [6.07, 6.45) is 0. The molecule has 18 heavy (non-hydrogen) atoms. The van der Waals surface area contributed by atoms with Crippen molar-refractivity contribution in [2.24, 2.45) is 5.73 Å². The zero-order valence-corrected chi connectivity index (χ0v) is 12.9. The van der Waals surface area contributed by atoms with E-state index in [4.69, 9.17) is 15.2 Å². The second kappa shape index (κ2) is 5.45. The minimum atomic E-state index is -0.148. The van der Waals surface area contributed by atoms with E-state index < -0.39 is 0 Å². The summed E-state index contributed by atoms with van der Waals surface area (Å²) in [6, 6.07) is 0. The van der Waals surface area contributed by atoms with Crippen LogP contribution in [0.5, 0.6) is 0 Å². The van der Waals surface area contributed by atoms with Gasteiger partial charge < -0.3 is 15.2 Å². The molecule has 1 atom stereocenters.